The standard InChI is InChI=1S/C21H20F2N6O3S2/c1-11-7-16(28-27-11)25-20-19(32-3)17(12-9-24-29(2)10-12)18(23)21(26-20)33-15-6-5-13(8-14(15)22)34(4,30)31/h5-10H,1-4H3,(H2,25,26,27,28). The van der Waals surface area contributed by atoms with Gasteiger partial charge >= 0.3 is 0 Å². The maximum absolute atomic E-state index is 15.8. The second kappa shape index (κ2) is 9.06. The van der Waals surface area contributed by atoms with E-state index in [4.69, 9.17) is 4.74 Å². The molecule has 0 atom stereocenters. The quantitative estimate of drug-likeness (QED) is 0.385. The first-order valence-corrected chi connectivity index (χ1v) is 12.5. The van der Waals surface area contributed by atoms with Crippen LogP contribution >= 0.6 is 11.8 Å². The highest BCUT2D eigenvalue weighted by atomic mass is 32.2. The summed E-state index contributed by atoms with van der Waals surface area (Å²) < 4.78 is 60.9. The largest absolute Gasteiger partial charge is 0.492 e. The minimum absolute atomic E-state index is 0.00247. The van der Waals surface area contributed by atoms with Gasteiger partial charge in [-0.1, -0.05) is 11.8 Å². The van der Waals surface area contributed by atoms with Crippen LogP contribution in [-0.4, -0.2) is 46.7 Å². The van der Waals surface area contributed by atoms with Gasteiger partial charge in [-0.2, -0.15) is 10.2 Å². The summed E-state index contributed by atoms with van der Waals surface area (Å²) in [5.74, 6) is -0.865. The molecule has 1 aromatic carbocycles. The number of aryl methyl sites for hydroxylation is 2. The summed E-state index contributed by atoms with van der Waals surface area (Å²) in [4.78, 5) is 4.16. The number of methoxy groups -OCH3 is 1. The van der Waals surface area contributed by atoms with Crippen molar-refractivity contribution in [2.45, 2.75) is 21.7 Å². The van der Waals surface area contributed by atoms with Crippen molar-refractivity contribution in [2.75, 3.05) is 18.7 Å². The van der Waals surface area contributed by atoms with Crippen LogP contribution in [0.4, 0.5) is 20.4 Å². The Labute approximate surface area is 198 Å². The van der Waals surface area contributed by atoms with E-state index in [9.17, 15) is 12.8 Å². The van der Waals surface area contributed by atoms with E-state index in [1.807, 2.05) is 6.92 Å². The molecule has 3 aromatic heterocycles. The molecule has 0 saturated heterocycles. The number of aromatic amines is 1. The molecule has 0 aliphatic heterocycles. The van der Waals surface area contributed by atoms with Crippen molar-refractivity contribution in [3.63, 3.8) is 0 Å². The molecule has 0 amide bonds. The van der Waals surface area contributed by atoms with Crippen LogP contribution in [0.3, 0.4) is 0 Å². The third kappa shape index (κ3) is 4.75. The average Bonchev–Trinajstić information content (AvgIpc) is 3.38. The van der Waals surface area contributed by atoms with Crippen LogP contribution in [-0.2, 0) is 16.9 Å². The molecule has 0 radical (unpaired) electrons. The van der Waals surface area contributed by atoms with Crippen molar-refractivity contribution in [3.05, 3.63) is 54.0 Å². The molecule has 0 spiro atoms. The maximum Gasteiger partial charge on any atom is 0.176 e. The number of halogens is 2. The normalized spacial score (nSPS) is 11.6. The number of H-pyrrole nitrogens is 1. The molecule has 9 nitrogen and oxygen atoms in total. The maximum atomic E-state index is 15.8. The molecule has 178 valence electrons. The number of sulfone groups is 1. The van der Waals surface area contributed by atoms with E-state index in [-0.39, 0.29) is 31.9 Å². The highest BCUT2D eigenvalue weighted by Gasteiger charge is 2.25. The lowest BCUT2D eigenvalue weighted by Crippen LogP contribution is -2.04. The van der Waals surface area contributed by atoms with Crippen LogP contribution in [0.1, 0.15) is 5.69 Å². The van der Waals surface area contributed by atoms with Gasteiger partial charge < -0.3 is 10.1 Å². The van der Waals surface area contributed by atoms with E-state index in [0.29, 0.717) is 11.4 Å². The van der Waals surface area contributed by atoms with Gasteiger partial charge in [0.1, 0.15) is 10.8 Å². The van der Waals surface area contributed by atoms with Crippen molar-refractivity contribution in [3.8, 4) is 16.9 Å². The predicted molar refractivity (Wildman–Crippen MR) is 123 cm³/mol. The number of anilines is 2. The fraction of sp³-hybridized carbons (Fsp3) is 0.190. The van der Waals surface area contributed by atoms with E-state index in [2.05, 4.69) is 25.6 Å². The van der Waals surface area contributed by atoms with Gasteiger partial charge in [0, 0.05) is 41.7 Å². The molecule has 2 N–H and O–H groups in total. The van der Waals surface area contributed by atoms with E-state index < -0.39 is 21.5 Å². The van der Waals surface area contributed by atoms with Crippen LogP contribution in [0.15, 0.2) is 51.5 Å². The first-order chi connectivity index (χ1) is 16.1. The highest BCUT2D eigenvalue weighted by molar-refractivity contribution is 7.99. The zero-order valence-corrected chi connectivity index (χ0v) is 20.2. The van der Waals surface area contributed by atoms with Gasteiger partial charge in [-0.05, 0) is 25.1 Å². The van der Waals surface area contributed by atoms with E-state index in [0.717, 1.165) is 29.8 Å². The lowest BCUT2D eigenvalue weighted by Gasteiger charge is -2.16. The molecule has 0 bridgehead atoms. The smallest absolute Gasteiger partial charge is 0.176 e. The van der Waals surface area contributed by atoms with Crippen LogP contribution in [0.25, 0.3) is 11.1 Å². The number of rotatable bonds is 7. The van der Waals surface area contributed by atoms with Gasteiger partial charge in [0.25, 0.3) is 0 Å². The Morgan fingerprint density at radius 1 is 1.24 bits per heavy atom. The number of hydrogen-bond donors (Lipinski definition) is 2. The summed E-state index contributed by atoms with van der Waals surface area (Å²) in [7, 11) is -0.524. The minimum Gasteiger partial charge on any atom is -0.492 e. The van der Waals surface area contributed by atoms with Crippen molar-refractivity contribution >= 4 is 33.2 Å². The van der Waals surface area contributed by atoms with Crippen molar-refractivity contribution in [1.29, 1.82) is 0 Å². The van der Waals surface area contributed by atoms with E-state index in [1.54, 1.807) is 19.3 Å². The van der Waals surface area contributed by atoms with Gasteiger partial charge in [0.15, 0.2) is 33.0 Å². The van der Waals surface area contributed by atoms with Gasteiger partial charge in [0.2, 0.25) is 0 Å². The van der Waals surface area contributed by atoms with Crippen LogP contribution in [0.5, 0.6) is 5.75 Å². The molecule has 4 rings (SSSR count). The van der Waals surface area contributed by atoms with Crippen molar-refractivity contribution < 1.29 is 21.9 Å². The second-order valence-corrected chi connectivity index (χ2v) is 10.5. The Morgan fingerprint density at radius 3 is 2.56 bits per heavy atom. The third-order valence-electron chi connectivity index (χ3n) is 4.75. The summed E-state index contributed by atoms with van der Waals surface area (Å²) in [6.07, 6.45) is 4.06. The zero-order chi connectivity index (χ0) is 24.6. The Kier molecular flexibility index (Phi) is 6.32. The fourth-order valence-electron chi connectivity index (χ4n) is 3.19. The molecular weight excluding hydrogens is 486 g/mol. The lowest BCUT2D eigenvalue weighted by atomic mass is 10.1. The number of hydrogen-bond acceptors (Lipinski definition) is 8. The lowest BCUT2D eigenvalue weighted by molar-refractivity contribution is 0.411. The van der Waals surface area contributed by atoms with Crippen molar-refractivity contribution in [2.24, 2.45) is 7.05 Å². The Hall–Kier alpha value is -3.45. The van der Waals surface area contributed by atoms with Gasteiger partial charge in [0.05, 0.1) is 23.8 Å². The summed E-state index contributed by atoms with van der Waals surface area (Å²) in [6.45, 7) is 1.82. The molecule has 3 heterocycles. The number of ether oxygens (including phenoxy) is 1. The highest BCUT2D eigenvalue weighted by Crippen LogP contribution is 2.43. The van der Waals surface area contributed by atoms with Gasteiger partial charge in [-0.25, -0.2) is 22.2 Å². The van der Waals surface area contributed by atoms with Crippen LogP contribution in [0, 0.1) is 18.6 Å². The number of nitrogens with one attached hydrogen (secondary N) is 2. The van der Waals surface area contributed by atoms with Gasteiger partial charge in [-0.15, -0.1) is 0 Å². The molecule has 34 heavy (non-hydrogen) atoms. The third-order valence-corrected chi connectivity index (χ3v) is 6.88. The molecule has 4 aromatic rings. The molecule has 0 fully saturated rings. The van der Waals surface area contributed by atoms with Crippen molar-refractivity contribution in [1.82, 2.24) is 25.0 Å². The first-order valence-electron chi connectivity index (χ1n) is 9.80. The zero-order valence-electron chi connectivity index (χ0n) is 18.6. The Balaban J connectivity index is 1.86. The van der Waals surface area contributed by atoms with E-state index in [1.165, 1.54) is 30.1 Å². The summed E-state index contributed by atoms with van der Waals surface area (Å²) in [6, 6.07) is 5.16. The summed E-state index contributed by atoms with van der Waals surface area (Å²) in [5, 5.41) is 13.9. The molecule has 0 unspecified atom stereocenters. The molecule has 0 aliphatic carbocycles. The Bertz CT molecular complexity index is 1480. The fourth-order valence-corrected chi connectivity index (χ4v) is 4.65. The van der Waals surface area contributed by atoms with Crippen LogP contribution in [0.2, 0.25) is 0 Å². The van der Waals surface area contributed by atoms with Crippen LogP contribution < -0.4 is 10.1 Å². The number of benzene rings is 1. The first kappa shape index (κ1) is 23.7. The minimum atomic E-state index is -3.60. The molecule has 0 saturated carbocycles. The topological polar surface area (TPSA) is 115 Å². The molecule has 0 aliphatic rings. The average molecular weight is 507 g/mol. The summed E-state index contributed by atoms with van der Waals surface area (Å²) >= 11 is 0.718. The number of pyridine rings is 1. The number of nitrogens with zero attached hydrogens (tertiary/aromatic N) is 4. The predicted octanol–water partition coefficient (Wildman–Crippen LogP) is 4.10. The SMILES string of the molecule is COc1c(Nc2cc(C)[nH]n2)nc(Sc2ccc(S(C)(=O)=O)cc2F)c(F)c1-c1cnn(C)c1. The second-order valence-electron chi connectivity index (χ2n) is 7.42. The van der Waals surface area contributed by atoms with E-state index >= 15 is 4.39 Å². The van der Waals surface area contributed by atoms with Gasteiger partial charge in [-0.3, -0.25) is 9.78 Å². The number of aromatic nitrogens is 5. The monoisotopic (exact) mass is 506 g/mol. The Morgan fingerprint density at radius 2 is 2.00 bits per heavy atom. The molecular formula is C21H20F2N6O3S2. The summed E-state index contributed by atoms with van der Waals surface area (Å²) in [5.41, 5.74) is 1.30. The molecule has 13 heteroatoms.